The van der Waals surface area contributed by atoms with Crippen molar-refractivity contribution in [3.63, 3.8) is 0 Å². The van der Waals surface area contributed by atoms with Crippen molar-refractivity contribution in [1.82, 2.24) is 4.72 Å². The molecule has 1 fully saturated rings. The minimum Gasteiger partial charge on any atom is -0.312 e. The van der Waals surface area contributed by atoms with Gasteiger partial charge in [0.1, 0.15) is 0 Å². The molecule has 1 amide bonds. The topological polar surface area (TPSA) is 66.5 Å². The molecule has 1 aliphatic heterocycles. The van der Waals surface area contributed by atoms with E-state index in [-0.39, 0.29) is 23.3 Å². The van der Waals surface area contributed by atoms with Crippen LogP contribution in [0.2, 0.25) is 0 Å². The van der Waals surface area contributed by atoms with Crippen molar-refractivity contribution in [2.75, 3.05) is 18.0 Å². The molecule has 1 unspecified atom stereocenters. The molecule has 0 aliphatic carbocycles. The molecule has 5 nitrogen and oxygen atoms in total. The summed E-state index contributed by atoms with van der Waals surface area (Å²) in [4.78, 5) is 14.2. The second-order valence-corrected chi connectivity index (χ2v) is 8.54. The number of carbonyl (C=O) groups is 1. The maximum absolute atomic E-state index is 12.7. The number of para-hydroxylation sites is 1. The van der Waals surface area contributed by atoms with E-state index in [9.17, 15) is 13.2 Å². The molecule has 0 spiro atoms. The average Bonchev–Trinajstić information content (AvgIpc) is 3.07. The molecular formula is C21H20N2O3S. The number of hydrogen-bond acceptors (Lipinski definition) is 3. The molecule has 1 N–H and O–H groups in total. The van der Waals surface area contributed by atoms with Crippen LogP contribution in [-0.2, 0) is 14.8 Å². The highest BCUT2D eigenvalue weighted by Gasteiger charge is 2.31. The zero-order valence-corrected chi connectivity index (χ0v) is 15.5. The Hall–Kier alpha value is -2.70. The molecule has 0 bridgehead atoms. The van der Waals surface area contributed by atoms with E-state index < -0.39 is 10.0 Å². The number of carbonyl (C=O) groups excluding carboxylic acids is 1. The Balaban J connectivity index is 1.45. The molecular weight excluding hydrogens is 360 g/mol. The lowest BCUT2D eigenvalue weighted by atomic mass is 10.1. The van der Waals surface area contributed by atoms with E-state index in [2.05, 4.69) is 4.72 Å². The Morgan fingerprint density at radius 2 is 1.63 bits per heavy atom. The number of nitrogens with zero attached hydrogens (tertiary/aromatic N) is 1. The molecule has 3 aromatic rings. The monoisotopic (exact) mass is 380 g/mol. The Morgan fingerprint density at radius 1 is 0.926 bits per heavy atom. The molecule has 4 rings (SSSR count). The third-order valence-electron chi connectivity index (χ3n) is 4.87. The minimum atomic E-state index is -3.62. The van der Waals surface area contributed by atoms with Gasteiger partial charge in [0.05, 0.1) is 4.90 Å². The van der Waals surface area contributed by atoms with Gasteiger partial charge in [-0.2, -0.15) is 0 Å². The number of rotatable bonds is 5. The van der Waals surface area contributed by atoms with Crippen LogP contribution in [-0.4, -0.2) is 27.4 Å². The average molecular weight is 380 g/mol. The van der Waals surface area contributed by atoms with Gasteiger partial charge in [0.2, 0.25) is 15.9 Å². The van der Waals surface area contributed by atoms with Crippen LogP contribution in [0.5, 0.6) is 0 Å². The first-order valence-electron chi connectivity index (χ1n) is 8.87. The summed E-state index contributed by atoms with van der Waals surface area (Å²) in [5, 5.41) is 1.88. The summed E-state index contributed by atoms with van der Waals surface area (Å²) in [6.07, 6.45) is 0.342. The molecule has 6 heteroatoms. The molecule has 0 aromatic heterocycles. The third kappa shape index (κ3) is 3.72. The molecule has 138 valence electrons. The second-order valence-electron chi connectivity index (χ2n) is 6.77. The Bertz CT molecular complexity index is 1080. The van der Waals surface area contributed by atoms with Gasteiger partial charge in [-0.3, -0.25) is 4.79 Å². The number of hydrogen-bond donors (Lipinski definition) is 1. The van der Waals surface area contributed by atoms with E-state index in [1.54, 1.807) is 23.1 Å². The highest BCUT2D eigenvalue weighted by Crippen LogP contribution is 2.25. The lowest BCUT2D eigenvalue weighted by Crippen LogP contribution is -2.31. The first kappa shape index (κ1) is 17.7. The molecule has 1 aliphatic rings. The molecule has 1 heterocycles. The van der Waals surface area contributed by atoms with Crippen molar-refractivity contribution in [3.8, 4) is 0 Å². The van der Waals surface area contributed by atoms with Gasteiger partial charge in [0.25, 0.3) is 0 Å². The molecule has 0 radical (unpaired) electrons. The molecule has 0 saturated carbocycles. The van der Waals surface area contributed by atoms with E-state index in [4.69, 9.17) is 0 Å². The van der Waals surface area contributed by atoms with Crippen LogP contribution >= 0.6 is 0 Å². The van der Waals surface area contributed by atoms with Gasteiger partial charge in [0, 0.05) is 25.2 Å². The largest absolute Gasteiger partial charge is 0.312 e. The van der Waals surface area contributed by atoms with Crippen molar-refractivity contribution >= 4 is 32.4 Å². The first-order chi connectivity index (χ1) is 13.0. The standard InChI is InChI=1S/C21H20N2O3S/c24-21-12-16(15-23(21)19-8-2-1-3-9-19)14-22-27(25,26)20-11-10-17-6-4-5-7-18(17)13-20/h1-11,13,16,22H,12,14-15H2. The first-order valence-corrected chi connectivity index (χ1v) is 10.4. The third-order valence-corrected chi connectivity index (χ3v) is 6.29. The number of benzene rings is 3. The summed E-state index contributed by atoms with van der Waals surface area (Å²) in [6, 6.07) is 22.2. The summed E-state index contributed by atoms with van der Waals surface area (Å²) in [6.45, 7) is 0.757. The van der Waals surface area contributed by atoms with E-state index in [1.807, 2.05) is 54.6 Å². The lowest BCUT2D eigenvalue weighted by Gasteiger charge is -2.17. The van der Waals surface area contributed by atoms with Crippen molar-refractivity contribution in [1.29, 1.82) is 0 Å². The van der Waals surface area contributed by atoms with E-state index in [0.29, 0.717) is 13.0 Å². The van der Waals surface area contributed by atoms with Crippen LogP contribution in [0.1, 0.15) is 6.42 Å². The smallest absolute Gasteiger partial charge is 0.240 e. The van der Waals surface area contributed by atoms with Crippen LogP contribution in [0, 0.1) is 5.92 Å². The fourth-order valence-electron chi connectivity index (χ4n) is 3.42. The quantitative estimate of drug-likeness (QED) is 0.739. The zero-order chi connectivity index (χ0) is 18.9. The number of nitrogens with one attached hydrogen (secondary N) is 1. The van der Waals surface area contributed by atoms with Crippen molar-refractivity contribution in [3.05, 3.63) is 72.8 Å². The van der Waals surface area contributed by atoms with Crippen LogP contribution in [0.25, 0.3) is 10.8 Å². The lowest BCUT2D eigenvalue weighted by molar-refractivity contribution is -0.117. The molecule has 3 aromatic carbocycles. The van der Waals surface area contributed by atoms with E-state index >= 15 is 0 Å². The summed E-state index contributed by atoms with van der Waals surface area (Å²) < 4.78 is 28.0. The van der Waals surface area contributed by atoms with E-state index in [1.165, 1.54) is 0 Å². The summed E-state index contributed by atoms with van der Waals surface area (Å²) in [5.74, 6) is -0.0240. The Kier molecular flexibility index (Phi) is 4.68. The molecule has 1 saturated heterocycles. The molecule has 27 heavy (non-hydrogen) atoms. The number of amides is 1. The van der Waals surface area contributed by atoms with Gasteiger partial charge in [0.15, 0.2) is 0 Å². The van der Waals surface area contributed by atoms with Crippen LogP contribution in [0.15, 0.2) is 77.7 Å². The van der Waals surface area contributed by atoms with Crippen LogP contribution in [0.4, 0.5) is 5.69 Å². The van der Waals surface area contributed by atoms with Crippen LogP contribution in [0.3, 0.4) is 0 Å². The maximum atomic E-state index is 12.7. The van der Waals surface area contributed by atoms with Crippen molar-refractivity contribution < 1.29 is 13.2 Å². The summed E-state index contributed by atoms with van der Waals surface area (Å²) in [5.41, 5.74) is 0.849. The van der Waals surface area contributed by atoms with Gasteiger partial charge in [-0.1, -0.05) is 48.5 Å². The van der Waals surface area contributed by atoms with Gasteiger partial charge < -0.3 is 4.90 Å². The van der Waals surface area contributed by atoms with Gasteiger partial charge >= 0.3 is 0 Å². The predicted molar refractivity (Wildman–Crippen MR) is 106 cm³/mol. The van der Waals surface area contributed by atoms with Gasteiger partial charge in [-0.05, 0) is 41.0 Å². The predicted octanol–water partition coefficient (Wildman–Crippen LogP) is 3.17. The van der Waals surface area contributed by atoms with Gasteiger partial charge in [-0.25, -0.2) is 13.1 Å². The Labute approximate surface area is 158 Å². The van der Waals surface area contributed by atoms with Crippen molar-refractivity contribution in [2.24, 2.45) is 5.92 Å². The second kappa shape index (κ2) is 7.13. The summed E-state index contributed by atoms with van der Waals surface area (Å²) in [7, 11) is -3.62. The number of anilines is 1. The highest BCUT2D eigenvalue weighted by molar-refractivity contribution is 7.89. The zero-order valence-electron chi connectivity index (χ0n) is 14.7. The highest BCUT2D eigenvalue weighted by atomic mass is 32.2. The number of sulfonamides is 1. The SMILES string of the molecule is O=C1CC(CNS(=O)(=O)c2ccc3ccccc3c2)CN1c1ccccc1. The minimum absolute atomic E-state index is 0.0242. The fourth-order valence-corrected chi connectivity index (χ4v) is 4.57. The fraction of sp³-hybridized carbons (Fsp3) is 0.190. The van der Waals surface area contributed by atoms with Gasteiger partial charge in [-0.15, -0.1) is 0 Å². The Morgan fingerprint density at radius 3 is 2.41 bits per heavy atom. The normalized spacial score (nSPS) is 17.6. The summed E-state index contributed by atoms with van der Waals surface area (Å²) >= 11 is 0. The molecule has 1 atom stereocenters. The van der Waals surface area contributed by atoms with Crippen molar-refractivity contribution in [2.45, 2.75) is 11.3 Å². The van der Waals surface area contributed by atoms with Crippen LogP contribution < -0.4 is 9.62 Å². The maximum Gasteiger partial charge on any atom is 0.240 e. The van der Waals surface area contributed by atoms with E-state index in [0.717, 1.165) is 16.5 Å². The number of fused-ring (bicyclic) bond motifs is 1.